The Hall–Kier alpha value is -1.75. The molecule has 0 aliphatic carbocycles. The van der Waals surface area contributed by atoms with Crippen molar-refractivity contribution in [3.05, 3.63) is 23.8 Å². The Kier molecular flexibility index (Phi) is 5.44. The molecule has 5 nitrogen and oxygen atoms in total. The molecule has 0 atom stereocenters. The van der Waals surface area contributed by atoms with Gasteiger partial charge in [0, 0.05) is 6.54 Å². The van der Waals surface area contributed by atoms with E-state index >= 15 is 0 Å². The monoisotopic (exact) mass is 293 g/mol. The Balaban J connectivity index is 1.93. The Morgan fingerprint density at radius 1 is 1.14 bits per heavy atom. The second-order valence-electron chi connectivity index (χ2n) is 5.26. The zero-order valence-electron chi connectivity index (χ0n) is 12.9. The Morgan fingerprint density at radius 3 is 2.38 bits per heavy atom. The molecule has 0 bridgehead atoms. The predicted octanol–water partition coefficient (Wildman–Crippen LogP) is 2.09. The number of benzene rings is 1. The van der Waals surface area contributed by atoms with Crippen LogP contribution in [0.3, 0.4) is 0 Å². The summed E-state index contributed by atoms with van der Waals surface area (Å²) in [5, 5.41) is 0. The Labute approximate surface area is 125 Å². The molecule has 1 aromatic carbocycles. The number of esters is 1. The molecule has 1 saturated heterocycles. The number of hydrogen-bond acceptors (Lipinski definition) is 5. The minimum Gasteiger partial charge on any atom is -0.493 e. The highest BCUT2D eigenvalue weighted by Crippen LogP contribution is 2.28. The molecule has 1 fully saturated rings. The summed E-state index contributed by atoms with van der Waals surface area (Å²) in [5.41, 5.74) is 1.18. The minimum atomic E-state index is -0.0826. The molecular weight excluding hydrogens is 270 g/mol. The van der Waals surface area contributed by atoms with E-state index in [-0.39, 0.29) is 11.9 Å². The van der Waals surface area contributed by atoms with Crippen LogP contribution < -0.4 is 9.47 Å². The van der Waals surface area contributed by atoms with Crippen molar-refractivity contribution >= 4 is 5.97 Å². The van der Waals surface area contributed by atoms with Crippen molar-refractivity contribution in [2.75, 3.05) is 34.4 Å². The van der Waals surface area contributed by atoms with Crippen molar-refractivity contribution in [1.29, 1.82) is 0 Å². The second kappa shape index (κ2) is 7.31. The smallest absolute Gasteiger partial charge is 0.308 e. The molecule has 1 aromatic rings. The van der Waals surface area contributed by atoms with Crippen molar-refractivity contribution in [2.24, 2.45) is 5.92 Å². The second-order valence-corrected chi connectivity index (χ2v) is 5.26. The lowest BCUT2D eigenvalue weighted by molar-refractivity contribution is -0.147. The fraction of sp³-hybridized carbons (Fsp3) is 0.562. The van der Waals surface area contributed by atoms with Crippen LogP contribution in [0.1, 0.15) is 18.4 Å². The number of likely N-dealkylation sites (tertiary alicyclic amines) is 1. The van der Waals surface area contributed by atoms with E-state index in [4.69, 9.17) is 14.2 Å². The van der Waals surface area contributed by atoms with Gasteiger partial charge in [0.25, 0.3) is 0 Å². The standard InChI is InChI=1S/C16H23NO4/c1-19-14-5-4-12(10-15(14)20-2)11-17-8-6-13(7-9-17)16(18)21-3/h4-5,10,13H,6-9,11H2,1-3H3. The zero-order valence-corrected chi connectivity index (χ0v) is 12.9. The van der Waals surface area contributed by atoms with Crippen molar-refractivity contribution in [3.63, 3.8) is 0 Å². The van der Waals surface area contributed by atoms with Gasteiger partial charge in [0.1, 0.15) is 0 Å². The van der Waals surface area contributed by atoms with E-state index in [9.17, 15) is 4.79 Å². The average Bonchev–Trinajstić information content (AvgIpc) is 2.54. The number of rotatable bonds is 5. The van der Waals surface area contributed by atoms with Crippen LogP contribution in [0.25, 0.3) is 0 Å². The van der Waals surface area contributed by atoms with Gasteiger partial charge in [-0.25, -0.2) is 0 Å². The molecule has 0 N–H and O–H groups in total. The van der Waals surface area contributed by atoms with Gasteiger partial charge in [0.15, 0.2) is 11.5 Å². The maximum atomic E-state index is 11.5. The van der Waals surface area contributed by atoms with Crippen molar-refractivity contribution in [1.82, 2.24) is 4.90 Å². The van der Waals surface area contributed by atoms with Gasteiger partial charge in [-0.1, -0.05) is 6.07 Å². The lowest BCUT2D eigenvalue weighted by Gasteiger charge is -2.30. The van der Waals surface area contributed by atoms with Crippen LogP contribution in [-0.2, 0) is 16.1 Å². The van der Waals surface area contributed by atoms with E-state index in [0.29, 0.717) is 0 Å². The first kappa shape index (κ1) is 15.6. The van der Waals surface area contributed by atoms with Gasteiger partial charge in [0.05, 0.1) is 27.2 Å². The van der Waals surface area contributed by atoms with Gasteiger partial charge in [-0.2, -0.15) is 0 Å². The molecule has 0 aromatic heterocycles. The molecule has 1 aliphatic heterocycles. The summed E-state index contributed by atoms with van der Waals surface area (Å²) in [6.07, 6.45) is 1.72. The summed E-state index contributed by atoms with van der Waals surface area (Å²) in [4.78, 5) is 13.9. The normalized spacial score (nSPS) is 16.5. The summed E-state index contributed by atoms with van der Waals surface area (Å²) < 4.78 is 15.4. The third-order valence-electron chi connectivity index (χ3n) is 3.98. The average molecular weight is 293 g/mol. The van der Waals surface area contributed by atoms with Crippen LogP contribution in [0.15, 0.2) is 18.2 Å². The van der Waals surface area contributed by atoms with Crippen molar-refractivity contribution < 1.29 is 19.0 Å². The third-order valence-corrected chi connectivity index (χ3v) is 3.98. The summed E-state index contributed by atoms with van der Waals surface area (Å²) >= 11 is 0. The first-order valence-corrected chi connectivity index (χ1v) is 7.19. The van der Waals surface area contributed by atoms with Gasteiger partial charge in [0.2, 0.25) is 0 Å². The highest BCUT2D eigenvalue weighted by atomic mass is 16.5. The molecule has 0 radical (unpaired) electrons. The molecule has 0 spiro atoms. The zero-order chi connectivity index (χ0) is 15.2. The molecule has 0 saturated carbocycles. The highest BCUT2D eigenvalue weighted by Gasteiger charge is 2.25. The quantitative estimate of drug-likeness (QED) is 0.778. The van der Waals surface area contributed by atoms with Crippen LogP contribution in [0.2, 0.25) is 0 Å². The lowest BCUT2D eigenvalue weighted by Crippen LogP contribution is -2.36. The fourth-order valence-corrected chi connectivity index (χ4v) is 2.73. The molecule has 116 valence electrons. The molecule has 0 amide bonds. The number of carbonyl (C=O) groups is 1. The highest BCUT2D eigenvalue weighted by molar-refractivity contribution is 5.72. The topological polar surface area (TPSA) is 48.0 Å². The van der Waals surface area contributed by atoms with E-state index in [1.165, 1.54) is 12.7 Å². The predicted molar refractivity (Wildman–Crippen MR) is 79.6 cm³/mol. The molecule has 1 heterocycles. The van der Waals surface area contributed by atoms with E-state index in [1.807, 2.05) is 18.2 Å². The minimum absolute atomic E-state index is 0.0525. The van der Waals surface area contributed by atoms with Gasteiger partial charge >= 0.3 is 5.97 Å². The van der Waals surface area contributed by atoms with Crippen LogP contribution >= 0.6 is 0 Å². The van der Waals surface area contributed by atoms with Crippen molar-refractivity contribution in [2.45, 2.75) is 19.4 Å². The lowest BCUT2D eigenvalue weighted by atomic mass is 9.96. The number of methoxy groups -OCH3 is 3. The third kappa shape index (κ3) is 3.88. The van der Waals surface area contributed by atoms with E-state index in [1.54, 1.807) is 14.2 Å². The van der Waals surface area contributed by atoms with E-state index in [0.717, 1.165) is 44.0 Å². The van der Waals surface area contributed by atoms with Crippen LogP contribution in [0.4, 0.5) is 0 Å². The van der Waals surface area contributed by atoms with Crippen LogP contribution in [0.5, 0.6) is 11.5 Å². The number of piperidine rings is 1. The van der Waals surface area contributed by atoms with Gasteiger partial charge in [-0.15, -0.1) is 0 Å². The molecular formula is C16H23NO4. The molecule has 2 rings (SSSR count). The summed E-state index contributed by atoms with van der Waals surface area (Å²) in [6.45, 7) is 2.68. The fourth-order valence-electron chi connectivity index (χ4n) is 2.73. The number of nitrogens with zero attached hydrogens (tertiary/aromatic N) is 1. The van der Waals surface area contributed by atoms with Crippen LogP contribution in [-0.4, -0.2) is 45.3 Å². The SMILES string of the molecule is COC(=O)C1CCN(Cc2ccc(OC)c(OC)c2)CC1. The summed E-state index contributed by atoms with van der Waals surface area (Å²) in [5.74, 6) is 1.46. The number of ether oxygens (including phenoxy) is 3. The first-order valence-electron chi connectivity index (χ1n) is 7.19. The molecule has 0 unspecified atom stereocenters. The summed E-state index contributed by atoms with van der Waals surface area (Å²) in [6, 6.07) is 5.98. The van der Waals surface area contributed by atoms with E-state index < -0.39 is 0 Å². The maximum Gasteiger partial charge on any atom is 0.308 e. The first-order chi connectivity index (χ1) is 10.2. The van der Waals surface area contributed by atoms with E-state index in [2.05, 4.69) is 4.90 Å². The maximum absolute atomic E-state index is 11.5. The number of hydrogen-bond donors (Lipinski definition) is 0. The van der Waals surface area contributed by atoms with Crippen LogP contribution in [0, 0.1) is 5.92 Å². The molecule has 1 aliphatic rings. The largest absolute Gasteiger partial charge is 0.493 e. The summed E-state index contributed by atoms with van der Waals surface area (Å²) in [7, 11) is 4.73. The molecule has 21 heavy (non-hydrogen) atoms. The Morgan fingerprint density at radius 2 is 1.81 bits per heavy atom. The molecule has 5 heteroatoms. The van der Waals surface area contributed by atoms with Gasteiger partial charge in [-0.3, -0.25) is 9.69 Å². The van der Waals surface area contributed by atoms with Gasteiger partial charge in [-0.05, 0) is 43.6 Å². The van der Waals surface area contributed by atoms with Crippen molar-refractivity contribution in [3.8, 4) is 11.5 Å². The Bertz CT molecular complexity index is 481. The van der Waals surface area contributed by atoms with Gasteiger partial charge < -0.3 is 14.2 Å². The number of carbonyl (C=O) groups excluding carboxylic acids is 1.